The third-order valence-corrected chi connectivity index (χ3v) is 4.46. The van der Waals surface area contributed by atoms with Crippen LogP contribution in [0, 0.1) is 0 Å². The summed E-state index contributed by atoms with van der Waals surface area (Å²) in [6.45, 7) is 7.34. The zero-order valence-electron chi connectivity index (χ0n) is 17.0. The van der Waals surface area contributed by atoms with Crippen molar-refractivity contribution in [2.45, 2.75) is 38.5 Å². The fourth-order valence-corrected chi connectivity index (χ4v) is 2.88. The van der Waals surface area contributed by atoms with Crippen molar-refractivity contribution in [2.75, 3.05) is 13.1 Å². The summed E-state index contributed by atoms with van der Waals surface area (Å²) >= 11 is 0. The van der Waals surface area contributed by atoms with Crippen LogP contribution in [0.25, 0.3) is 6.08 Å². The molecule has 0 radical (unpaired) electrons. The highest BCUT2D eigenvalue weighted by Gasteiger charge is 2.03. The zero-order valence-corrected chi connectivity index (χ0v) is 17.0. The molecule has 1 aromatic carbocycles. The molecule has 0 unspecified atom stereocenters. The molecule has 1 heterocycles. The highest BCUT2D eigenvalue weighted by molar-refractivity contribution is 5.75. The fraction of sp³-hybridized carbons (Fsp3) is 0.364. The molecule has 2 aromatic rings. The normalized spacial score (nSPS) is 11.8. The Balaban J connectivity index is 1.67. The van der Waals surface area contributed by atoms with Crippen LogP contribution < -0.4 is 27.8 Å². The lowest BCUT2D eigenvalue weighted by atomic mass is 10.1. The van der Waals surface area contributed by atoms with E-state index in [2.05, 4.69) is 46.5 Å². The Bertz CT molecular complexity index is 767. The molecule has 0 saturated carbocycles. The van der Waals surface area contributed by atoms with E-state index in [0.717, 1.165) is 49.4 Å². The largest absolute Gasteiger partial charge is 0.370 e. The Morgan fingerprint density at radius 2 is 1.72 bits per heavy atom. The number of aliphatic imine (C=N–C) groups is 1. The van der Waals surface area contributed by atoms with Crippen LogP contribution in [-0.4, -0.2) is 30.1 Å². The van der Waals surface area contributed by atoms with Crippen molar-refractivity contribution in [2.24, 2.45) is 22.2 Å². The second kappa shape index (κ2) is 12.7. The summed E-state index contributed by atoms with van der Waals surface area (Å²) < 4.78 is 0. The van der Waals surface area contributed by atoms with Crippen LogP contribution in [0.3, 0.4) is 0 Å². The van der Waals surface area contributed by atoms with Gasteiger partial charge in [0.05, 0.1) is 11.4 Å². The summed E-state index contributed by atoms with van der Waals surface area (Å²) in [6.07, 6.45) is 3.59. The van der Waals surface area contributed by atoms with Crippen LogP contribution in [0.1, 0.15) is 35.4 Å². The van der Waals surface area contributed by atoms with Gasteiger partial charge < -0.3 is 27.8 Å². The maximum absolute atomic E-state index is 6.11. The van der Waals surface area contributed by atoms with Gasteiger partial charge in [-0.05, 0) is 36.1 Å². The summed E-state index contributed by atoms with van der Waals surface area (Å²) in [5.41, 5.74) is 21.1. The summed E-state index contributed by atoms with van der Waals surface area (Å²) in [4.78, 5) is 8.66. The van der Waals surface area contributed by atoms with E-state index >= 15 is 0 Å². The Kier molecular flexibility index (Phi) is 9.85. The molecule has 0 bridgehead atoms. The van der Waals surface area contributed by atoms with E-state index in [9.17, 15) is 0 Å². The van der Waals surface area contributed by atoms with Crippen molar-refractivity contribution in [3.63, 3.8) is 0 Å². The van der Waals surface area contributed by atoms with Gasteiger partial charge >= 0.3 is 0 Å². The average Bonchev–Trinajstić information content (AvgIpc) is 2.72. The van der Waals surface area contributed by atoms with Gasteiger partial charge in [-0.3, -0.25) is 9.98 Å². The Morgan fingerprint density at radius 1 is 1.03 bits per heavy atom. The molecule has 0 aliphatic carbocycles. The van der Waals surface area contributed by atoms with Crippen LogP contribution >= 0.6 is 0 Å². The van der Waals surface area contributed by atoms with Gasteiger partial charge in [-0.1, -0.05) is 43.0 Å². The molecule has 0 saturated heterocycles. The SMILES string of the molecule is C=Cc1ccc(CNCc2cccc(CNC[C@@H](N)CCCN=C(N)N)n2)cc1. The number of aromatic nitrogens is 1. The number of hydrogen-bond acceptors (Lipinski definition) is 5. The first-order valence-corrected chi connectivity index (χ1v) is 9.95. The number of pyridine rings is 1. The second-order valence-electron chi connectivity index (χ2n) is 7.01. The Labute approximate surface area is 173 Å². The first kappa shape index (κ1) is 22.5. The van der Waals surface area contributed by atoms with E-state index in [-0.39, 0.29) is 12.0 Å². The molecule has 1 aromatic heterocycles. The molecule has 2 rings (SSSR count). The van der Waals surface area contributed by atoms with Gasteiger partial charge in [-0.2, -0.15) is 0 Å². The zero-order chi connectivity index (χ0) is 20.9. The number of hydrogen-bond donors (Lipinski definition) is 5. The van der Waals surface area contributed by atoms with Gasteiger partial charge in [-0.25, -0.2) is 0 Å². The van der Waals surface area contributed by atoms with Crippen LogP contribution in [0.15, 0.2) is 54.0 Å². The molecule has 8 N–H and O–H groups in total. The maximum Gasteiger partial charge on any atom is 0.185 e. The van der Waals surface area contributed by atoms with Crippen LogP contribution in [0.2, 0.25) is 0 Å². The number of nitrogens with zero attached hydrogens (tertiary/aromatic N) is 2. The molecule has 0 fully saturated rings. The van der Waals surface area contributed by atoms with Gasteiger partial charge in [0.1, 0.15) is 0 Å². The molecule has 0 amide bonds. The third kappa shape index (κ3) is 9.34. The Hall–Kier alpha value is -2.74. The number of guanidine groups is 1. The van der Waals surface area contributed by atoms with Gasteiger partial charge in [0.15, 0.2) is 5.96 Å². The van der Waals surface area contributed by atoms with E-state index in [1.807, 2.05) is 24.3 Å². The first-order valence-electron chi connectivity index (χ1n) is 9.95. The van der Waals surface area contributed by atoms with E-state index in [1.165, 1.54) is 5.56 Å². The minimum atomic E-state index is 0.0709. The summed E-state index contributed by atoms with van der Waals surface area (Å²) in [5.74, 6) is 0.128. The molecule has 7 heteroatoms. The van der Waals surface area contributed by atoms with Gasteiger partial charge in [-0.15, -0.1) is 0 Å². The third-order valence-electron chi connectivity index (χ3n) is 4.46. The van der Waals surface area contributed by atoms with Crippen LogP contribution in [0.5, 0.6) is 0 Å². The molecular weight excluding hydrogens is 362 g/mol. The molecule has 0 spiro atoms. The summed E-state index contributed by atoms with van der Waals surface area (Å²) in [6, 6.07) is 14.5. The smallest absolute Gasteiger partial charge is 0.185 e. The van der Waals surface area contributed by atoms with Gasteiger partial charge in [0.25, 0.3) is 0 Å². The Morgan fingerprint density at radius 3 is 2.38 bits per heavy atom. The maximum atomic E-state index is 6.11. The predicted octanol–water partition coefficient (Wildman–Crippen LogP) is 1.48. The number of benzene rings is 1. The minimum absolute atomic E-state index is 0.0709. The standard InChI is InChI=1S/C22H33N7/c1-2-17-8-10-18(11-9-17)13-26-15-20-6-3-7-21(29-20)16-27-14-19(23)5-4-12-28-22(24)25/h2-3,6-11,19,26-27H,1,4-5,12-16,23H2,(H4,24,25,28)/t19-/m0/s1. The monoisotopic (exact) mass is 395 g/mol. The van der Waals surface area contributed by atoms with E-state index < -0.39 is 0 Å². The highest BCUT2D eigenvalue weighted by atomic mass is 15.0. The van der Waals surface area contributed by atoms with Crippen molar-refractivity contribution in [3.8, 4) is 0 Å². The highest BCUT2D eigenvalue weighted by Crippen LogP contribution is 2.06. The second-order valence-corrected chi connectivity index (χ2v) is 7.01. The molecule has 1 atom stereocenters. The summed E-state index contributed by atoms with van der Waals surface area (Å²) in [5, 5.41) is 6.81. The van der Waals surface area contributed by atoms with E-state index in [1.54, 1.807) is 0 Å². The molecule has 0 aliphatic heterocycles. The molecule has 0 aliphatic rings. The fourth-order valence-electron chi connectivity index (χ4n) is 2.88. The quantitative estimate of drug-likeness (QED) is 0.199. The van der Waals surface area contributed by atoms with Crippen molar-refractivity contribution in [1.82, 2.24) is 15.6 Å². The number of nitrogens with two attached hydrogens (primary N) is 3. The molecule has 7 nitrogen and oxygen atoms in total. The lowest BCUT2D eigenvalue weighted by Gasteiger charge is -2.12. The van der Waals surface area contributed by atoms with Gasteiger partial charge in [0.2, 0.25) is 0 Å². The topological polar surface area (TPSA) is 127 Å². The van der Waals surface area contributed by atoms with Crippen molar-refractivity contribution >= 4 is 12.0 Å². The van der Waals surface area contributed by atoms with Crippen molar-refractivity contribution in [1.29, 1.82) is 0 Å². The predicted molar refractivity (Wildman–Crippen MR) is 121 cm³/mol. The molecule has 156 valence electrons. The van der Waals surface area contributed by atoms with Gasteiger partial charge in [0, 0.05) is 38.8 Å². The number of nitrogens with one attached hydrogen (secondary N) is 2. The summed E-state index contributed by atoms with van der Waals surface area (Å²) in [7, 11) is 0. The average molecular weight is 396 g/mol. The van der Waals surface area contributed by atoms with E-state index in [0.29, 0.717) is 13.1 Å². The lowest BCUT2D eigenvalue weighted by molar-refractivity contribution is 0.527. The van der Waals surface area contributed by atoms with Crippen molar-refractivity contribution < 1.29 is 0 Å². The lowest BCUT2D eigenvalue weighted by Crippen LogP contribution is -2.34. The van der Waals surface area contributed by atoms with Crippen LogP contribution in [0.4, 0.5) is 0 Å². The van der Waals surface area contributed by atoms with E-state index in [4.69, 9.17) is 22.2 Å². The van der Waals surface area contributed by atoms with Crippen molar-refractivity contribution in [3.05, 3.63) is 71.6 Å². The minimum Gasteiger partial charge on any atom is -0.370 e. The first-order chi connectivity index (χ1) is 14.1. The molecule has 29 heavy (non-hydrogen) atoms. The van der Waals surface area contributed by atoms with Crippen LogP contribution in [-0.2, 0) is 19.6 Å². The molecular formula is C22H33N7. The number of rotatable bonds is 13.